The molecule has 16 heavy (non-hydrogen) atoms. The standard InChI is InChI=1S/C13H17FN2/c1-4-10(3)16-13(8-15)11-6-5-9(2)12(14)7-11/h5-7,10,13,16H,4H2,1-3H3. The maximum absolute atomic E-state index is 13.4. The molecule has 0 saturated carbocycles. The van der Waals surface area contributed by atoms with E-state index < -0.39 is 6.04 Å². The largest absolute Gasteiger partial charge is 0.296 e. The Morgan fingerprint density at radius 3 is 2.69 bits per heavy atom. The number of rotatable bonds is 4. The first-order chi connectivity index (χ1) is 7.58. The minimum absolute atomic E-state index is 0.244. The van der Waals surface area contributed by atoms with Crippen molar-refractivity contribution in [2.24, 2.45) is 0 Å². The van der Waals surface area contributed by atoms with Crippen molar-refractivity contribution in [3.05, 3.63) is 35.1 Å². The van der Waals surface area contributed by atoms with E-state index in [1.54, 1.807) is 19.1 Å². The fraction of sp³-hybridized carbons (Fsp3) is 0.462. The van der Waals surface area contributed by atoms with Crippen LogP contribution in [0.2, 0.25) is 0 Å². The van der Waals surface area contributed by atoms with Crippen LogP contribution in [0.25, 0.3) is 0 Å². The molecule has 0 spiro atoms. The molecule has 0 aliphatic carbocycles. The Bertz CT molecular complexity index is 395. The second-order valence-corrected chi connectivity index (χ2v) is 4.05. The summed E-state index contributed by atoms with van der Waals surface area (Å²) >= 11 is 0. The number of hydrogen-bond acceptors (Lipinski definition) is 2. The number of hydrogen-bond donors (Lipinski definition) is 1. The lowest BCUT2D eigenvalue weighted by atomic mass is 10.0. The van der Waals surface area contributed by atoms with E-state index >= 15 is 0 Å². The van der Waals surface area contributed by atoms with E-state index in [2.05, 4.69) is 11.4 Å². The third kappa shape index (κ3) is 3.04. The summed E-state index contributed by atoms with van der Waals surface area (Å²) in [4.78, 5) is 0. The Morgan fingerprint density at radius 1 is 1.50 bits per heavy atom. The highest BCUT2D eigenvalue weighted by Gasteiger charge is 2.13. The van der Waals surface area contributed by atoms with Gasteiger partial charge in [-0.1, -0.05) is 19.1 Å². The zero-order valence-corrected chi connectivity index (χ0v) is 9.92. The van der Waals surface area contributed by atoms with E-state index in [0.29, 0.717) is 11.1 Å². The van der Waals surface area contributed by atoms with Gasteiger partial charge in [0.25, 0.3) is 0 Å². The summed E-state index contributed by atoms with van der Waals surface area (Å²) in [6, 6.07) is 6.88. The number of nitrogens with zero attached hydrogens (tertiary/aromatic N) is 1. The van der Waals surface area contributed by atoms with E-state index in [-0.39, 0.29) is 11.9 Å². The fourth-order valence-electron chi connectivity index (χ4n) is 1.40. The molecule has 1 aromatic carbocycles. The van der Waals surface area contributed by atoms with Gasteiger partial charge in [-0.05, 0) is 37.5 Å². The van der Waals surface area contributed by atoms with Crippen LogP contribution in [-0.2, 0) is 0 Å². The van der Waals surface area contributed by atoms with Crippen molar-refractivity contribution in [3.8, 4) is 6.07 Å². The molecule has 3 heteroatoms. The van der Waals surface area contributed by atoms with Gasteiger partial charge >= 0.3 is 0 Å². The van der Waals surface area contributed by atoms with Crippen LogP contribution in [0.1, 0.15) is 37.4 Å². The Labute approximate surface area is 96.1 Å². The summed E-state index contributed by atoms with van der Waals surface area (Å²) in [6.07, 6.45) is 0.937. The molecule has 1 N–H and O–H groups in total. The fourth-order valence-corrected chi connectivity index (χ4v) is 1.40. The highest BCUT2D eigenvalue weighted by Crippen LogP contribution is 2.17. The van der Waals surface area contributed by atoms with Gasteiger partial charge in [-0.15, -0.1) is 0 Å². The Kier molecular flexibility index (Phi) is 4.45. The van der Waals surface area contributed by atoms with Crippen LogP contribution >= 0.6 is 0 Å². The molecule has 0 radical (unpaired) electrons. The van der Waals surface area contributed by atoms with Gasteiger partial charge in [0, 0.05) is 6.04 Å². The van der Waals surface area contributed by atoms with Crippen LogP contribution in [0.15, 0.2) is 18.2 Å². The predicted molar refractivity (Wildman–Crippen MR) is 62.4 cm³/mol. The average Bonchev–Trinajstić information content (AvgIpc) is 2.29. The molecule has 0 amide bonds. The van der Waals surface area contributed by atoms with Crippen LogP contribution < -0.4 is 5.32 Å². The smallest absolute Gasteiger partial charge is 0.126 e. The van der Waals surface area contributed by atoms with Crippen molar-refractivity contribution in [2.45, 2.75) is 39.3 Å². The summed E-state index contributed by atoms with van der Waals surface area (Å²) in [5.74, 6) is -0.260. The van der Waals surface area contributed by atoms with Gasteiger partial charge in [0.15, 0.2) is 0 Å². The van der Waals surface area contributed by atoms with Gasteiger partial charge in [0.1, 0.15) is 11.9 Å². The predicted octanol–water partition coefficient (Wildman–Crippen LogP) is 3.09. The summed E-state index contributed by atoms with van der Waals surface area (Å²) < 4.78 is 13.4. The van der Waals surface area contributed by atoms with Gasteiger partial charge in [-0.2, -0.15) is 5.26 Å². The molecule has 0 aliphatic heterocycles. The van der Waals surface area contributed by atoms with Crippen molar-refractivity contribution in [3.63, 3.8) is 0 Å². The lowest BCUT2D eigenvalue weighted by molar-refractivity contribution is 0.499. The van der Waals surface area contributed by atoms with Crippen LogP contribution in [0, 0.1) is 24.1 Å². The van der Waals surface area contributed by atoms with Crippen molar-refractivity contribution in [1.82, 2.24) is 5.32 Å². The molecule has 0 aliphatic rings. The number of aryl methyl sites for hydroxylation is 1. The quantitative estimate of drug-likeness (QED) is 0.846. The zero-order valence-electron chi connectivity index (χ0n) is 9.92. The van der Waals surface area contributed by atoms with E-state index in [0.717, 1.165) is 6.42 Å². The second kappa shape index (κ2) is 5.62. The van der Waals surface area contributed by atoms with Crippen molar-refractivity contribution in [2.75, 3.05) is 0 Å². The van der Waals surface area contributed by atoms with Crippen molar-refractivity contribution >= 4 is 0 Å². The summed E-state index contributed by atoms with van der Waals surface area (Å²) in [5, 5.41) is 12.2. The number of nitrogens with one attached hydrogen (secondary N) is 1. The van der Waals surface area contributed by atoms with Gasteiger partial charge in [-0.3, -0.25) is 5.32 Å². The average molecular weight is 220 g/mol. The second-order valence-electron chi connectivity index (χ2n) is 4.05. The first-order valence-electron chi connectivity index (χ1n) is 5.50. The minimum Gasteiger partial charge on any atom is -0.296 e. The first-order valence-corrected chi connectivity index (χ1v) is 5.50. The highest BCUT2D eigenvalue weighted by molar-refractivity contribution is 5.29. The SMILES string of the molecule is CCC(C)NC(C#N)c1ccc(C)c(F)c1. The molecule has 0 saturated heterocycles. The Morgan fingerprint density at radius 2 is 2.19 bits per heavy atom. The third-order valence-corrected chi connectivity index (χ3v) is 2.72. The summed E-state index contributed by atoms with van der Waals surface area (Å²) in [6.45, 7) is 5.76. The van der Waals surface area contributed by atoms with Crippen LogP contribution in [0.5, 0.6) is 0 Å². The van der Waals surface area contributed by atoms with Crippen LogP contribution in [0.3, 0.4) is 0 Å². The van der Waals surface area contributed by atoms with Gasteiger partial charge in [0.2, 0.25) is 0 Å². The number of nitriles is 1. The lowest BCUT2D eigenvalue weighted by Gasteiger charge is -2.17. The normalized spacial score (nSPS) is 14.2. The van der Waals surface area contributed by atoms with E-state index in [9.17, 15) is 4.39 Å². The first kappa shape index (κ1) is 12.7. The van der Waals surface area contributed by atoms with E-state index in [1.807, 2.05) is 13.8 Å². The third-order valence-electron chi connectivity index (χ3n) is 2.72. The highest BCUT2D eigenvalue weighted by atomic mass is 19.1. The monoisotopic (exact) mass is 220 g/mol. The molecule has 0 fully saturated rings. The number of benzene rings is 1. The molecular formula is C13H17FN2. The van der Waals surface area contributed by atoms with Crippen LogP contribution in [0.4, 0.5) is 4.39 Å². The van der Waals surface area contributed by atoms with E-state index in [4.69, 9.17) is 5.26 Å². The topological polar surface area (TPSA) is 35.8 Å². The van der Waals surface area contributed by atoms with Gasteiger partial charge in [-0.25, -0.2) is 4.39 Å². The Hall–Kier alpha value is -1.40. The maximum atomic E-state index is 13.4. The van der Waals surface area contributed by atoms with Crippen molar-refractivity contribution < 1.29 is 4.39 Å². The molecule has 0 aromatic heterocycles. The maximum Gasteiger partial charge on any atom is 0.126 e. The molecule has 1 rings (SSSR count). The Balaban J connectivity index is 2.88. The molecule has 86 valence electrons. The van der Waals surface area contributed by atoms with Gasteiger partial charge < -0.3 is 0 Å². The summed E-state index contributed by atoms with van der Waals surface area (Å²) in [5.41, 5.74) is 1.29. The molecule has 2 nitrogen and oxygen atoms in total. The number of halogens is 1. The zero-order chi connectivity index (χ0) is 12.1. The molecule has 1 aromatic rings. The lowest BCUT2D eigenvalue weighted by Crippen LogP contribution is -2.29. The molecule has 0 heterocycles. The molecule has 0 bridgehead atoms. The van der Waals surface area contributed by atoms with Crippen molar-refractivity contribution in [1.29, 1.82) is 5.26 Å². The molecule has 2 atom stereocenters. The molecular weight excluding hydrogens is 203 g/mol. The van der Waals surface area contributed by atoms with E-state index in [1.165, 1.54) is 6.07 Å². The summed E-state index contributed by atoms with van der Waals surface area (Å²) in [7, 11) is 0. The minimum atomic E-state index is -0.440. The molecule has 2 unspecified atom stereocenters. The van der Waals surface area contributed by atoms with Crippen LogP contribution in [-0.4, -0.2) is 6.04 Å². The van der Waals surface area contributed by atoms with Gasteiger partial charge in [0.05, 0.1) is 6.07 Å².